The predicted molar refractivity (Wildman–Crippen MR) is 157 cm³/mol. The molecule has 1 N–H and O–H groups in total. The molecule has 226 valence electrons. The Morgan fingerprint density at radius 2 is 1.98 bits per heavy atom. The van der Waals surface area contributed by atoms with Gasteiger partial charge in [-0.25, -0.2) is 9.37 Å². The summed E-state index contributed by atoms with van der Waals surface area (Å²) in [5.41, 5.74) is 0.327. The molecule has 4 rings (SSSR count). The first-order valence-electron chi connectivity index (χ1n) is 14.7. The topological polar surface area (TPSA) is 96.0 Å². The van der Waals surface area contributed by atoms with Crippen LogP contribution < -0.4 is 15.0 Å². The van der Waals surface area contributed by atoms with Gasteiger partial charge in [-0.2, -0.15) is 0 Å². The monoisotopic (exact) mass is 571 g/mol. The third-order valence-corrected chi connectivity index (χ3v) is 8.50. The highest BCUT2D eigenvalue weighted by molar-refractivity contribution is 5.97. The van der Waals surface area contributed by atoms with Crippen LogP contribution in [0, 0.1) is 17.2 Å². The molecule has 1 aromatic heterocycles. The van der Waals surface area contributed by atoms with Gasteiger partial charge in [-0.15, -0.1) is 10.2 Å². The summed E-state index contributed by atoms with van der Waals surface area (Å²) >= 11 is 0. The molecule has 2 aliphatic heterocycles. The van der Waals surface area contributed by atoms with Crippen LogP contribution in [0.5, 0.6) is 11.6 Å². The molecule has 2 aliphatic rings. The summed E-state index contributed by atoms with van der Waals surface area (Å²) < 4.78 is 26.1. The Morgan fingerprint density at radius 1 is 1.22 bits per heavy atom. The molecule has 1 aromatic carbocycles. The van der Waals surface area contributed by atoms with Crippen molar-refractivity contribution in [3.05, 3.63) is 35.9 Å². The fraction of sp³-hybridized carbons (Fsp3) is 0.667. The Balaban J connectivity index is 1.48. The lowest BCUT2D eigenvalue weighted by molar-refractivity contribution is -0.0500. The van der Waals surface area contributed by atoms with E-state index in [1.54, 1.807) is 12.0 Å². The molecular weight excluding hydrogens is 525 g/mol. The minimum Gasteiger partial charge on any atom is -0.434 e. The smallest absolute Gasteiger partial charge is 0.282 e. The fourth-order valence-electron chi connectivity index (χ4n) is 6.33. The number of methoxy groups -OCH3 is 1. The lowest BCUT2D eigenvalue weighted by Crippen LogP contribution is -2.62. The largest absolute Gasteiger partial charge is 0.434 e. The van der Waals surface area contributed by atoms with Crippen molar-refractivity contribution in [3.8, 4) is 11.6 Å². The molecule has 2 fully saturated rings. The summed E-state index contributed by atoms with van der Waals surface area (Å²) in [6.07, 6.45) is 3.63. The number of ether oxygens (including phenoxy) is 2. The van der Waals surface area contributed by atoms with E-state index in [1.807, 2.05) is 27.8 Å². The molecule has 3 heterocycles. The normalized spacial score (nSPS) is 18.1. The first-order chi connectivity index (χ1) is 19.6. The van der Waals surface area contributed by atoms with Crippen molar-refractivity contribution in [1.29, 1.82) is 0 Å². The van der Waals surface area contributed by atoms with Crippen LogP contribution in [-0.2, 0) is 4.74 Å². The van der Waals surface area contributed by atoms with Crippen LogP contribution in [0.3, 0.4) is 0 Å². The number of hydrogen-bond acceptors (Lipinski definition) is 9. The van der Waals surface area contributed by atoms with Crippen LogP contribution in [0.4, 0.5) is 10.2 Å². The van der Waals surface area contributed by atoms with Crippen LogP contribution in [0.2, 0.25) is 0 Å². The Morgan fingerprint density at radius 3 is 2.61 bits per heavy atom. The second kappa shape index (κ2) is 13.4. The van der Waals surface area contributed by atoms with Crippen LogP contribution in [-0.4, -0.2) is 103 Å². The number of carbonyl (C=O) groups excluding carboxylic acids is 1. The molecule has 0 unspecified atom stereocenters. The molecule has 1 amide bonds. The van der Waals surface area contributed by atoms with Gasteiger partial charge in [0.25, 0.3) is 11.8 Å². The second-order valence-electron chi connectivity index (χ2n) is 12.1. The lowest BCUT2D eigenvalue weighted by atomic mass is 9.76. The zero-order valence-corrected chi connectivity index (χ0v) is 25.6. The van der Waals surface area contributed by atoms with E-state index in [-0.39, 0.29) is 40.7 Å². The van der Waals surface area contributed by atoms with E-state index in [0.717, 1.165) is 45.6 Å². The maximum atomic E-state index is 14.2. The zero-order valence-electron chi connectivity index (χ0n) is 25.6. The minimum absolute atomic E-state index is 0.0424. The number of nitrogens with one attached hydrogen (secondary N) is 1. The Hall–Kier alpha value is -2.89. The predicted octanol–water partition coefficient (Wildman–Crippen LogP) is 3.83. The molecular formula is C30H46FN7O3. The van der Waals surface area contributed by atoms with Gasteiger partial charge in [-0.1, -0.05) is 13.8 Å². The van der Waals surface area contributed by atoms with Crippen LogP contribution in [0.15, 0.2) is 24.5 Å². The van der Waals surface area contributed by atoms with Crippen molar-refractivity contribution < 1.29 is 18.7 Å². The summed E-state index contributed by atoms with van der Waals surface area (Å²) in [6, 6.07) is 4.38. The molecule has 0 saturated carbocycles. The molecule has 41 heavy (non-hydrogen) atoms. The van der Waals surface area contributed by atoms with Gasteiger partial charge >= 0.3 is 0 Å². The van der Waals surface area contributed by atoms with E-state index in [1.165, 1.54) is 24.5 Å². The molecule has 1 spiro atoms. The first-order valence-corrected chi connectivity index (χ1v) is 14.7. The van der Waals surface area contributed by atoms with Gasteiger partial charge in [0.05, 0.1) is 11.7 Å². The van der Waals surface area contributed by atoms with Crippen molar-refractivity contribution in [2.45, 2.75) is 65.6 Å². The quantitative estimate of drug-likeness (QED) is 0.385. The third-order valence-electron chi connectivity index (χ3n) is 8.50. The molecule has 0 radical (unpaired) electrons. The van der Waals surface area contributed by atoms with Crippen molar-refractivity contribution in [2.75, 3.05) is 58.3 Å². The van der Waals surface area contributed by atoms with E-state index in [0.29, 0.717) is 24.3 Å². The van der Waals surface area contributed by atoms with Crippen LogP contribution >= 0.6 is 0 Å². The third kappa shape index (κ3) is 6.95. The van der Waals surface area contributed by atoms with Gasteiger partial charge in [-0.3, -0.25) is 9.69 Å². The van der Waals surface area contributed by atoms with Gasteiger partial charge in [0.15, 0.2) is 5.82 Å². The van der Waals surface area contributed by atoms with Crippen LogP contribution in [0.1, 0.15) is 57.8 Å². The number of benzene rings is 1. The zero-order chi connectivity index (χ0) is 29.7. The van der Waals surface area contributed by atoms with Crippen molar-refractivity contribution in [3.63, 3.8) is 0 Å². The number of nitrogens with zero attached hydrogens (tertiary/aromatic N) is 6. The number of carbonyl (C=O) groups is 1. The summed E-state index contributed by atoms with van der Waals surface area (Å²) in [7, 11) is 3.75. The Bertz CT molecular complexity index is 1170. The van der Waals surface area contributed by atoms with Crippen LogP contribution in [0.25, 0.3) is 0 Å². The number of rotatable bonds is 13. The minimum atomic E-state index is -0.503. The van der Waals surface area contributed by atoms with E-state index in [4.69, 9.17) is 9.47 Å². The standard InChI is InChI=1S/C30H46FN7O3/c1-8-38(21(4)5)29(39)24-13-22(31)9-10-26(24)41-28-27(33-19-34-35-28)36-12-11-30(16-36)17-37(18-30)25(20(2)3)14-23(40-7)15-32-6/h9-10,13,19-21,23,25,32H,8,11-12,14-18H2,1-7H3/t23-,25+/m1/s1. The van der Waals surface area contributed by atoms with E-state index in [9.17, 15) is 9.18 Å². The van der Waals surface area contributed by atoms with Gasteiger partial charge in [0.2, 0.25) is 0 Å². The number of hydrogen-bond donors (Lipinski definition) is 1. The van der Waals surface area contributed by atoms with Gasteiger partial charge in [-0.05, 0) is 64.8 Å². The molecule has 0 bridgehead atoms. The Labute approximate surface area is 243 Å². The maximum Gasteiger partial charge on any atom is 0.282 e. The fourth-order valence-corrected chi connectivity index (χ4v) is 6.33. The van der Waals surface area contributed by atoms with E-state index < -0.39 is 5.82 Å². The van der Waals surface area contributed by atoms with Gasteiger partial charge < -0.3 is 24.6 Å². The first kappa shape index (κ1) is 31.1. The number of likely N-dealkylation sites (N-methyl/N-ethyl adjacent to an activating group) is 1. The second-order valence-corrected chi connectivity index (χ2v) is 12.1. The van der Waals surface area contributed by atoms with Gasteiger partial charge in [0, 0.05) is 63.9 Å². The number of amides is 1. The highest BCUT2D eigenvalue weighted by Gasteiger charge is 2.50. The number of likely N-dealkylation sites (tertiary alicyclic amines) is 1. The highest BCUT2D eigenvalue weighted by atomic mass is 19.1. The molecule has 2 aromatic rings. The highest BCUT2D eigenvalue weighted by Crippen LogP contribution is 2.44. The SMILES string of the molecule is CCN(C(=O)c1cc(F)ccc1Oc1nncnc1N1CCC2(C1)CN([C@@H](C[C@H](CNC)OC)C(C)C)C2)C(C)C. The lowest BCUT2D eigenvalue weighted by Gasteiger charge is -2.53. The molecule has 2 atom stereocenters. The average Bonchev–Trinajstić information content (AvgIpc) is 3.37. The molecule has 2 saturated heterocycles. The molecule has 10 nitrogen and oxygen atoms in total. The maximum absolute atomic E-state index is 14.2. The number of aromatic nitrogens is 3. The summed E-state index contributed by atoms with van der Waals surface area (Å²) in [6.45, 7) is 15.4. The summed E-state index contributed by atoms with van der Waals surface area (Å²) in [5.74, 6) is 0.757. The number of anilines is 1. The van der Waals surface area contributed by atoms with E-state index >= 15 is 0 Å². The summed E-state index contributed by atoms with van der Waals surface area (Å²) in [5, 5.41) is 11.4. The Kier molecular flexibility index (Phi) is 10.1. The van der Waals surface area contributed by atoms with Crippen molar-refractivity contribution in [2.24, 2.45) is 11.3 Å². The molecule has 11 heteroatoms. The van der Waals surface area contributed by atoms with Gasteiger partial charge in [0.1, 0.15) is 17.9 Å². The van der Waals surface area contributed by atoms with E-state index in [2.05, 4.69) is 44.1 Å². The molecule has 0 aliphatic carbocycles. The summed E-state index contributed by atoms with van der Waals surface area (Å²) in [4.78, 5) is 24.3. The number of halogens is 1. The average molecular weight is 572 g/mol. The van der Waals surface area contributed by atoms with Crippen molar-refractivity contribution >= 4 is 11.7 Å². The van der Waals surface area contributed by atoms with Crippen molar-refractivity contribution in [1.82, 2.24) is 30.3 Å².